The van der Waals surface area contributed by atoms with Crippen LogP contribution >= 0.6 is 31.9 Å². The first-order valence-corrected chi connectivity index (χ1v) is 9.23. The predicted octanol–water partition coefficient (Wildman–Crippen LogP) is 4.26. The number of benzene rings is 2. The molecule has 0 aliphatic carbocycles. The van der Waals surface area contributed by atoms with Crippen molar-refractivity contribution in [2.45, 2.75) is 19.9 Å². The second-order valence-electron chi connectivity index (χ2n) is 5.69. The summed E-state index contributed by atoms with van der Waals surface area (Å²) in [5.41, 5.74) is 2.29. The van der Waals surface area contributed by atoms with Crippen LogP contribution in [0.15, 0.2) is 56.5 Å². The van der Waals surface area contributed by atoms with Gasteiger partial charge in [-0.05, 0) is 58.7 Å². The molecular formula is C18H15Br2N3O2. The number of carbonyl (C=O) groups is 1. The number of halogens is 2. The fraction of sp³-hybridized carbons (Fsp3) is 0.167. The molecule has 0 saturated carbocycles. The number of anilines is 1. The van der Waals surface area contributed by atoms with Crippen LogP contribution in [-0.4, -0.2) is 15.5 Å². The zero-order chi connectivity index (χ0) is 18.0. The molecule has 0 radical (unpaired) electrons. The quantitative estimate of drug-likeness (QED) is 0.627. The van der Waals surface area contributed by atoms with Crippen molar-refractivity contribution < 1.29 is 4.79 Å². The van der Waals surface area contributed by atoms with E-state index in [1.165, 1.54) is 10.9 Å². The van der Waals surface area contributed by atoms with E-state index >= 15 is 0 Å². The minimum absolute atomic E-state index is 0.157. The lowest BCUT2D eigenvalue weighted by atomic mass is 10.2. The summed E-state index contributed by atoms with van der Waals surface area (Å²) in [6, 6.07) is 11.1. The molecule has 5 nitrogen and oxygen atoms in total. The topological polar surface area (TPSA) is 64.0 Å². The molecule has 1 N–H and O–H groups in total. The van der Waals surface area contributed by atoms with Crippen molar-refractivity contribution in [3.63, 3.8) is 0 Å². The fourth-order valence-corrected chi connectivity index (χ4v) is 3.40. The monoisotopic (exact) mass is 463 g/mol. The fourth-order valence-electron chi connectivity index (χ4n) is 2.45. The Balaban J connectivity index is 1.73. The number of aromatic nitrogens is 2. The molecule has 0 fully saturated rings. The molecule has 7 heteroatoms. The molecule has 0 aliphatic rings. The van der Waals surface area contributed by atoms with Crippen LogP contribution in [0, 0.1) is 6.92 Å². The van der Waals surface area contributed by atoms with Gasteiger partial charge in [0.1, 0.15) is 0 Å². The van der Waals surface area contributed by atoms with E-state index in [0.29, 0.717) is 16.6 Å². The first-order chi connectivity index (χ1) is 11.9. The second-order valence-corrected chi connectivity index (χ2v) is 7.46. The Morgan fingerprint density at radius 3 is 2.76 bits per heavy atom. The minimum Gasteiger partial charge on any atom is -0.325 e. The number of rotatable bonds is 4. The number of amides is 1. The summed E-state index contributed by atoms with van der Waals surface area (Å²) in [6.45, 7) is 2.25. The summed E-state index contributed by atoms with van der Waals surface area (Å²) >= 11 is 6.79. The highest BCUT2D eigenvalue weighted by atomic mass is 79.9. The van der Waals surface area contributed by atoms with Gasteiger partial charge in [0.15, 0.2) is 0 Å². The van der Waals surface area contributed by atoms with Crippen molar-refractivity contribution in [3.05, 3.63) is 67.6 Å². The van der Waals surface area contributed by atoms with Crippen LogP contribution < -0.4 is 10.9 Å². The molecule has 3 aromatic rings. The molecule has 0 atom stereocenters. The van der Waals surface area contributed by atoms with Crippen LogP contribution in [0.3, 0.4) is 0 Å². The van der Waals surface area contributed by atoms with Crippen molar-refractivity contribution in [1.82, 2.24) is 9.55 Å². The molecule has 0 spiro atoms. The van der Waals surface area contributed by atoms with Crippen LogP contribution in [0.2, 0.25) is 0 Å². The first-order valence-electron chi connectivity index (χ1n) is 7.65. The third-order valence-corrected chi connectivity index (χ3v) is 4.91. The average molecular weight is 465 g/mol. The molecule has 1 aromatic heterocycles. The number of hydrogen-bond donors (Lipinski definition) is 1. The maximum absolute atomic E-state index is 12.5. The number of carbonyl (C=O) groups excluding carboxylic acids is 1. The van der Waals surface area contributed by atoms with Gasteiger partial charge >= 0.3 is 0 Å². The van der Waals surface area contributed by atoms with E-state index in [-0.39, 0.29) is 24.4 Å². The predicted molar refractivity (Wildman–Crippen MR) is 106 cm³/mol. The van der Waals surface area contributed by atoms with Gasteiger partial charge in [0.05, 0.1) is 22.9 Å². The third-order valence-electron chi connectivity index (χ3n) is 3.76. The highest BCUT2D eigenvalue weighted by molar-refractivity contribution is 9.10. The maximum Gasteiger partial charge on any atom is 0.261 e. The molecule has 1 amide bonds. The average Bonchev–Trinajstić information content (AvgIpc) is 2.57. The van der Waals surface area contributed by atoms with Gasteiger partial charge in [-0.25, -0.2) is 4.98 Å². The van der Waals surface area contributed by atoms with Gasteiger partial charge < -0.3 is 5.32 Å². The molecule has 3 rings (SSSR count). The van der Waals surface area contributed by atoms with E-state index in [2.05, 4.69) is 42.2 Å². The minimum atomic E-state index is -0.161. The Labute approximate surface area is 161 Å². The molecule has 2 aromatic carbocycles. The molecule has 0 saturated heterocycles. The molecule has 25 heavy (non-hydrogen) atoms. The summed E-state index contributed by atoms with van der Waals surface area (Å²) in [5.74, 6) is -0.161. The number of aryl methyl sites for hydroxylation is 2. The van der Waals surface area contributed by atoms with E-state index in [9.17, 15) is 9.59 Å². The van der Waals surface area contributed by atoms with Crippen LogP contribution in [0.25, 0.3) is 10.9 Å². The summed E-state index contributed by atoms with van der Waals surface area (Å²) in [6.07, 6.45) is 1.66. The van der Waals surface area contributed by atoms with Gasteiger partial charge in [0.2, 0.25) is 5.91 Å². The zero-order valence-corrected chi connectivity index (χ0v) is 16.6. The number of nitrogens with zero attached hydrogens (tertiary/aromatic N) is 2. The highest BCUT2D eigenvalue weighted by Gasteiger charge is 2.09. The standard InChI is InChI=1S/C18H15Br2N3O2/c1-11-2-4-16(14(20)8-11)22-17(24)6-7-23-10-21-15-5-3-12(19)9-13(15)18(23)25/h2-5,8-10H,6-7H2,1H3,(H,22,24). The second kappa shape index (κ2) is 7.49. The number of nitrogens with one attached hydrogen (secondary N) is 1. The smallest absolute Gasteiger partial charge is 0.261 e. The molecule has 128 valence electrons. The van der Waals surface area contributed by atoms with Crippen LogP contribution in [-0.2, 0) is 11.3 Å². The van der Waals surface area contributed by atoms with Crippen molar-refractivity contribution in [2.24, 2.45) is 0 Å². The van der Waals surface area contributed by atoms with Crippen molar-refractivity contribution in [3.8, 4) is 0 Å². The van der Waals surface area contributed by atoms with E-state index in [1.807, 2.05) is 31.2 Å². The summed E-state index contributed by atoms with van der Waals surface area (Å²) < 4.78 is 3.10. The Bertz CT molecular complexity index is 1010. The van der Waals surface area contributed by atoms with Crippen molar-refractivity contribution >= 4 is 54.4 Å². The van der Waals surface area contributed by atoms with Crippen molar-refractivity contribution in [2.75, 3.05) is 5.32 Å². The van der Waals surface area contributed by atoms with E-state index in [0.717, 1.165) is 14.5 Å². The summed E-state index contributed by atoms with van der Waals surface area (Å²) in [4.78, 5) is 29.0. The van der Waals surface area contributed by atoms with Gasteiger partial charge in [0, 0.05) is 21.9 Å². The maximum atomic E-state index is 12.5. The van der Waals surface area contributed by atoms with Gasteiger partial charge in [-0.3, -0.25) is 14.2 Å². The summed E-state index contributed by atoms with van der Waals surface area (Å²) in [5, 5.41) is 3.37. The first kappa shape index (κ1) is 17.8. The Morgan fingerprint density at radius 1 is 1.20 bits per heavy atom. The largest absolute Gasteiger partial charge is 0.325 e. The lowest BCUT2D eigenvalue weighted by Gasteiger charge is -2.09. The SMILES string of the molecule is Cc1ccc(NC(=O)CCn2cnc3ccc(Br)cc3c2=O)c(Br)c1. The molecular weight excluding hydrogens is 450 g/mol. The Hall–Kier alpha value is -1.99. The molecule has 0 aliphatic heterocycles. The van der Waals surface area contributed by atoms with Gasteiger partial charge in [-0.1, -0.05) is 22.0 Å². The zero-order valence-electron chi connectivity index (χ0n) is 13.4. The third kappa shape index (κ3) is 4.16. The van der Waals surface area contributed by atoms with Crippen LogP contribution in [0.1, 0.15) is 12.0 Å². The lowest BCUT2D eigenvalue weighted by Crippen LogP contribution is -2.23. The number of fused-ring (bicyclic) bond motifs is 1. The van der Waals surface area contributed by atoms with Gasteiger partial charge in [-0.15, -0.1) is 0 Å². The van der Waals surface area contributed by atoms with Gasteiger partial charge in [-0.2, -0.15) is 0 Å². The molecule has 1 heterocycles. The highest BCUT2D eigenvalue weighted by Crippen LogP contribution is 2.23. The normalized spacial score (nSPS) is 10.8. The van der Waals surface area contributed by atoms with E-state index in [4.69, 9.17) is 0 Å². The van der Waals surface area contributed by atoms with Crippen molar-refractivity contribution in [1.29, 1.82) is 0 Å². The van der Waals surface area contributed by atoms with E-state index < -0.39 is 0 Å². The Kier molecular flexibility index (Phi) is 5.34. The molecule has 0 bridgehead atoms. The van der Waals surface area contributed by atoms with Crippen LogP contribution in [0.5, 0.6) is 0 Å². The van der Waals surface area contributed by atoms with Crippen LogP contribution in [0.4, 0.5) is 5.69 Å². The van der Waals surface area contributed by atoms with Gasteiger partial charge in [0.25, 0.3) is 5.56 Å². The number of hydrogen-bond acceptors (Lipinski definition) is 3. The lowest BCUT2D eigenvalue weighted by molar-refractivity contribution is -0.116. The Morgan fingerprint density at radius 2 is 2.00 bits per heavy atom. The molecule has 0 unspecified atom stereocenters. The summed E-state index contributed by atoms with van der Waals surface area (Å²) in [7, 11) is 0. The van der Waals surface area contributed by atoms with E-state index in [1.54, 1.807) is 12.1 Å².